The molecule has 1 atom stereocenters. The van der Waals surface area contributed by atoms with Crippen LogP contribution < -0.4 is 5.73 Å². The predicted octanol–water partition coefficient (Wildman–Crippen LogP) is 3.85. The van der Waals surface area contributed by atoms with Crippen LogP contribution in [-0.2, 0) is 29.6 Å². The fourth-order valence-electron chi connectivity index (χ4n) is 6.18. The van der Waals surface area contributed by atoms with Gasteiger partial charge >= 0.3 is 0 Å². The van der Waals surface area contributed by atoms with Crippen LogP contribution >= 0.6 is 0 Å². The Morgan fingerprint density at radius 1 is 0.938 bits per heavy atom. The second kappa shape index (κ2) is 6.76. The maximum Gasteiger partial charge on any atom is 0.262 e. The second-order valence-corrected chi connectivity index (χ2v) is 9.38. The highest BCUT2D eigenvalue weighted by Gasteiger charge is 2.65. The summed E-state index contributed by atoms with van der Waals surface area (Å²) < 4.78 is 0. The summed E-state index contributed by atoms with van der Waals surface area (Å²) in [5, 5.41) is 0. The number of nitrogens with zero attached hydrogens (tertiary/aromatic N) is 3. The Morgan fingerprint density at radius 3 is 2.31 bits per heavy atom. The van der Waals surface area contributed by atoms with E-state index in [0.29, 0.717) is 5.96 Å². The molecule has 0 bridgehead atoms. The summed E-state index contributed by atoms with van der Waals surface area (Å²) in [5.74, 6) is 0.318. The zero-order chi connectivity index (χ0) is 21.9. The quantitative estimate of drug-likeness (QED) is 0.647. The molecule has 1 unspecified atom stereocenters. The van der Waals surface area contributed by atoms with E-state index < -0.39 is 5.54 Å². The van der Waals surface area contributed by atoms with E-state index in [2.05, 4.69) is 53.5 Å². The SMILES string of the molecule is CN1C(=O)C2(N=C1N)c1cc(-c3cccnc3)ccc1CC21CCc2ccccc2CC1. The third-order valence-electron chi connectivity index (χ3n) is 7.90. The van der Waals surface area contributed by atoms with Gasteiger partial charge in [0.15, 0.2) is 11.5 Å². The number of guanidine groups is 1. The minimum atomic E-state index is -0.957. The van der Waals surface area contributed by atoms with Crippen molar-refractivity contribution < 1.29 is 4.79 Å². The highest BCUT2D eigenvalue weighted by molar-refractivity contribution is 6.08. The van der Waals surface area contributed by atoms with Gasteiger partial charge in [-0.2, -0.15) is 0 Å². The first-order valence-electron chi connectivity index (χ1n) is 11.3. The number of carbonyl (C=O) groups is 1. The number of aromatic nitrogens is 1. The first kappa shape index (κ1) is 19.2. The minimum Gasteiger partial charge on any atom is -0.369 e. The number of carbonyl (C=O) groups excluding carboxylic acids is 1. The zero-order valence-corrected chi connectivity index (χ0v) is 18.2. The Balaban J connectivity index is 1.53. The average molecular weight is 423 g/mol. The lowest BCUT2D eigenvalue weighted by Gasteiger charge is -2.40. The molecule has 0 saturated heterocycles. The number of likely N-dealkylation sites (N-methyl/N-ethyl adjacent to an activating group) is 1. The van der Waals surface area contributed by atoms with Crippen LogP contribution in [0.25, 0.3) is 11.1 Å². The molecular weight excluding hydrogens is 396 g/mol. The van der Waals surface area contributed by atoms with E-state index in [1.807, 2.05) is 12.3 Å². The third-order valence-corrected chi connectivity index (χ3v) is 7.90. The first-order valence-corrected chi connectivity index (χ1v) is 11.3. The molecule has 32 heavy (non-hydrogen) atoms. The molecule has 3 aliphatic rings. The van der Waals surface area contributed by atoms with Gasteiger partial charge in [0.1, 0.15) is 0 Å². The Labute approximate surface area is 188 Å². The molecular formula is C27H26N4O. The summed E-state index contributed by atoms with van der Waals surface area (Å²) in [7, 11) is 1.75. The van der Waals surface area contributed by atoms with Crippen molar-refractivity contribution >= 4 is 11.9 Å². The molecule has 0 saturated carbocycles. The number of aliphatic imine (C=N–C) groups is 1. The van der Waals surface area contributed by atoms with Crippen LogP contribution in [0.1, 0.15) is 35.1 Å². The van der Waals surface area contributed by atoms with Crippen molar-refractivity contribution in [1.29, 1.82) is 0 Å². The maximum atomic E-state index is 13.9. The van der Waals surface area contributed by atoms with Gasteiger partial charge < -0.3 is 5.73 Å². The molecule has 2 N–H and O–H groups in total. The Hall–Kier alpha value is -3.47. The van der Waals surface area contributed by atoms with Crippen molar-refractivity contribution in [1.82, 2.24) is 9.88 Å². The zero-order valence-electron chi connectivity index (χ0n) is 18.2. The Kier molecular flexibility index (Phi) is 4.06. The number of hydrogen-bond donors (Lipinski definition) is 1. The molecule has 2 aromatic carbocycles. The van der Waals surface area contributed by atoms with Crippen LogP contribution in [0.5, 0.6) is 0 Å². The molecule has 1 aromatic heterocycles. The van der Waals surface area contributed by atoms with Gasteiger partial charge in [0.25, 0.3) is 5.91 Å². The monoisotopic (exact) mass is 422 g/mol. The van der Waals surface area contributed by atoms with Gasteiger partial charge in [0.2, 0.25) is 0 Å². The van der Waals surface area contributed by atoms with Crippen LogP contribution in [0.2, 0.25) is 0 Å². The van der Waals surface area contributed by atoms with Crippen molar-refractivity contribution in [2.75, 3.05) is 7.05 Å². The van der Waals surface area contributed by atoms with Crippen molar-refractivity contribution in [2.24, 2.45) is 16.1 Å². The summed E-state index contributed by atoms with van der Waals surface area (Å²) in [6, 6.07) is 19.2. The summed E-state index contributed by atoms with van der Waals surface area (Å²) in [5.41, 5.74) is 12.2. The van der Waals surface area contributed by atoms with Crippen LogP contribution in [-0.4, -0.2) is 28.8 Å². The van der Waals surface area contributed by atoms with Gasteiger partial charge in [-0.3, -0.25) is 14.7 Å². The Bertz CT molecular complexity index is 1240. The summed E-state index contributed by atoms with van der Waals surface area (Å²) in [4.78, 5) is 24.7. The molecule has 5 heteroatoms. The molecule has 2 spiro atoms. The van der Waals surface area contributed by atoms with Gasteiger partial charge in [-0.1, -0.05) is 42.5 Å². The maximum absolute atomic E-state index is 13.9. The highest BCUT2D eigenvalue weighted by Crippen LogP contribution is 2.61. The van der Waals surface area contributed by atoms with Crippen molar-refractivity contribution in [3.8, 4) is 11.1 Å². The standard InChI is InChI=1S/C27H26N4O/c1-31-24(32)27(30-25(31)28)23-15-20(22-7-4-14-29-17-22)8-9-21(23)16-26(27)12-10-18-5-2-3-6-19(18)11-13-26/h2-9,14-15,17H,10-13,16H2,1H3,(H2,28,30). The van der Waals surface area contributed by atoms with Gasteiger partial charge in [-0.05, 0) is 77.6 Å². The van der Waals surface area contributed by atoms with Crippen LogP contribution in [0, 0.1) is 5.41 Å². The van der Waals surface area contributed by atoms with Crippen LogP contribution in [0.4, 0.5) is 0 Å². The van der Waals surface area contributed by atoms with Gasteiger partial charge in [-0.15, -0.1) is 0 Å². The van der Waals surface area contributed by atoms with Gasteiger partial charge in [-0.25, -0.2) is 4.99 Å². The van der Waals surface area contributed by atoms with E-state index >= 15 is 0 Å². The molecule has 1 aliphatic heterocycles. The summed E-state index contributed by atoms with van der Waals surface area (Å²) >= 11 is 0. The fraction of sp³-hybridized carbons (Fsp3) is 0.296. The molecule has 5 nitrogen and oxygen atoms in total. The number of fused-ring (bicyclic) bond motifs is 4. The number of rotatable bonds is 1. The lowest BCUT2D eigenvalue weighted by atomic mass is 9.65. The Morgan fingerprint density at radius 2 is 1.69 bits per heavy atom. The van der Waals surface area contributed by atoms with E-state index in [0.717, 1.165) is 48.8 Å². The van der Waals surface area contributed by atoms with E-state index in [4.69, 9.17) is 10.7 Å². The summed E-state index contributed by atoms with van der Waals surface area (Å²) in [6.07, 6.45) is 8.22. The second-order valence-electron chi connectivity index (χ2n) is 9.38. The fourth-order valence-corrected chi connectivity index (χ4v) is 6.18. The normalized spacial score (nSPS) is 23.2. The molecule has 0 fully saturated rings. The average Bonchev–Trinajstić information content (AvgIpc) is 3.12. The number of pyridine rings is 1. The van der Waals surface area contributed by atoms with Crippen molar-refractivity contribution in [3.05, 3.63) is 89.2 Å². The minimum absolute atomic E-state index is 0.00282. The molecule has 3 aromatic rings. The number of hydrogen-bond acceptors (Lipinski definition) is 4. The number of nitrogens with two attached hydrogens (primary N) is 1. The van der Waals surface area contributed by atoms with Gasteiger partial charge in [0, 0.05) is 24.9 Å². The lowest BCUT2D eigenvalue weighted by molar-refractivity contribution is -0.135. The summed E-state index contributed by atoms with van der Waals surface area (Å²) in [6.45, 7) is 0. The third kappa shape index (κ3) is 2.48. The van der Waals surface area contributed by atoms with Crippen molar-refractivity contribution in [3.63, 3.8) is 0 Å². The first-order chi connectivity index (χ1) is 15.5. The number of aryl methyl sites for hydroxylation is 2. The van der Waals surface area contributed by atoms with E-state index in [1.165, 1.54) is 16.7 Å². The number of amides is 1. The molecule has 2 aliphatic carbocycles. The van der Waals surface area contributed by atoms with Crippen LogP contribution in [0.15, 0.2) is 72.0 Å². The smallest absolute Gasteiger partial charge is 0.262 e. The largest absolute Gasteiger partial charge is 0.369 e. The molecule has 6 rings (SSSR count). The topological polar surface area (TPSA) is 71.6 Å². The van der Waals surface area contributed by atoms with E-state index in [-0.39, 0.29) is 11.3 Å². The molecule has 160 valence electrons. The predicted molar refractivity (Wildman–Crippen MR) is 125 cm³/mol. The van der Waals surface area contributed by atoms with Crippen molar-refractivity contribution in [2.45, 2.75) is 37.6 Å². The van der Waals surface area contributed by atoms with Gasteiger partial charge in [0.05, 0.1) is 0 Å². The van der Waals surface area contributed by atoms with E-state index in [9.17, 15) is 4.79 Å². The highest BCUT2D eigenvalue weighted by atomic mass is 16.2. The molecule has 2 heterocycles. The van der Waals surface area contributed by atoms with E-state index in [1.54, 1.807) is 18.1 Å². The molecule has 1 amide bonds. The lowest BCUT2D eigenvalue weighted by Crippen LogP contribution is -2.49. The van der Waals surface area contributed by atoms with Crippen LogP contribution in [0.3, 0.4) is 0 Å². The molecule has 0 radical (unpaired) electrons. The number of benzene rings is 2.